The normalized spacial score (nSPS) is 17.1. The van der Waals surface area contributed by atoms with E-state index < -0.39 is 15.9 Å². The third-order valence-electron chi connectivity index (χ3n) is 5.55. The lowest BCUT2D eigenvalue weighted by molar-refractivity contribution is 0.0939. The summed E-state index contributed by atoms with van der Waals surface area (Å²) in [5.74, 6) is -0.395. The van der Waals surface area contributed by atoms with E-state index in [2.05, 4.69) is 15.0 Å². The first kappa shape index (κ1) is 23.4. The van der Waals surface area contributed by atoms with Gasteiger partial charge >= 0.3 is 0 Å². The van der Waals surface area contributed by atoms with Crippen molar-refractivity contribution in [3.05, 3.63) is 77.3 Å². The van der Waals surface area contributed by atoms with Gasteiger partial charge in [-0.3, -0.25) is 4.79 Å². The predicted molar refractivity (Wildman–Crippen MR) is 125 cm³/mol. The first-order valence-corrected chi connectivity index (χ1v) is 12.5. The Balaban J connectivity index is 1.44. The van der Waals surface area contributed by atoms with E-state index in [1.54, 1.807) is 12.5 Å². The standard InChI is InChI=1S/C23H25ClN4O4S/c1-16(17-4-7-19(8-5-17)28-11-10-25-15-28)27-23(29)18-6-9-21(24)22(13-18)33(30,31)26-14-20-3-2-12-32-20/h4-11,13,15-16,20,26H,2-3,12,14H2,1H3,(H,27,29)/t16-,20-/m1/s1. The van der Waals surface area contributed by atoms with E-state index in [1.165, 1.54) is 18.2 Å². The molecule has 10 heteroatoms. The summed E-state index contributed by atoms with van der Waals surface area (Å²) < 4.78 is 35.4. The van der Waals surface area contributed by atoms with Crippen LogP contribution >= 0.6 is 11.6 Å². The van der Waals surface area contributed by atoms with Crippen LogP contribution in [-0.2, 0) is 14.8 Å². The van der Waals surface area contributed by atoms with Gasteiger partial charge in [-0.2, -0.15) is 0 Å². The molecule has 2 atom stereocenters. The Kier molecular flexibility index (Phi) is 7.14. The van der Waals surface area contributed by atoms with Gasteiger partial charge in [-0.15, -0.1) is 0 Å². The Labute approximate surface area is 198 Å². The van der Waals surface area contributed by atoms with Gasteiger partial charge in [-0.25, -0.2) is 18.1 Å². The Morgan fingerprint density at radius 2 is 2.06 bits per heavy atom. The zero-order valence-electron chi connectivity index (χ0n) is 18.1. The van der Waals surface area contributed by atoms with Crippen LogP contribution in [0.5, 0.6) is 0 Å². The molecule has 1 aromatic heterocycles. The second kappa shape index (κ2) is 10.0. The van der Waals surface area contributed by atoms with E-state index in [1.807, 2.05) is 42.0 Å². The quantitative estimate of drug-likeness (QED) is 0.505. The Morgan fingerprint density at radius 3 is 2.73 bits per heavy atom. The third-order valence-corrected chi connectivity index (χ3v) is 7.46. The van der Waals surface area contributed by atoms with Gasteiger partial charge in [0, 0.05) is 36.8 Å². The second-order valence-corrected chi connectivity index (χ2v) is 10.0. The molecule has 174 valence electrons. The van der Waals surface area contributed by atoms with Crippen LogP contribution in [0.1, 0.15) is 41.7 Å². The number of hydrogen-bond acceptors (Lipinski definition) is 5. The van der Waals surface area contributed by atoms with Gasteiger partial charge in [0.25, 0.3) is 5.91 Å². The van der Waals surface area contributed by atoms with Gasteiger partial charge in [-0.05, 0) is 55.7 Å². The number of hydrogen-bond donors (Lipinski definition) is 2. The molecule has 0 spiro atoms. The summed E-state index contributed by atoms with van der Waals surface area (Å²) in [7, 11) is -3.89. The maximum atomic E-state index is 12.8. The lowest BCUT2D eigenvalue weighted by Gasteiger charge is -2.16. The molecular formula is C23H25ClN4O4S. The highest BCUT2D eigenvalue weighted by Crippen LogP contribution is 2.24. The number of sulfonamides is 1. The average Bonchev–Trinajstić information content (AvgIpc) is 3.52. The molecule has 3 aromatic rings. The average molecular weight is 489 g/mol. The van der Waals surface area contributed by atoms with Crippen LogP contribution in [0.2, 0.25) is 5.02 Å². The molecule has 1 aliphatic heterocycles. The van der Waals surface area contributed by atoms with Crippen molar-refractivity contribution in [3.63, 3.8) is 0 Å². The molecule has 4 rings (SSSR count). The number of benzene rings is 2. The molecule has 0 radical (unpaired) electrons. The van der Waals surface area contributed by atoms with Crippen LogP contribution < -0.4 is 10.0 Å². The summed E-state index contributed by atoms with van der Waals surface area (Å²) in [6.07, 6.45) is 6.83. The van der Waals surface area contributed by atoms with Crippen molar-refractivity contribution >= 4 is 27.5 Å². The van der Waals surface area contributed by atoms with Crippen molar-refractivity contribution in [1.29, 1.82) is 0 Å². The van der Waals surface area contributed by atoms with Crippen LogP contribution in [0.4, 0.5) is 0 Å². The van der Waals surface area contributed by atoms with Crippen molar-refractivity contribution in [2.45, 2.75) is 36.8 Å². The summed E-state index contributed by atoms with van der Waals surface area (Å²) in [6, 6.07) is 11.7. The molecule has 0 aliphatic carbocycles. The lowest BCUT2D eigenvalue weighted by Crippen LogP contribution is -2.32. The number of halogens is 1. The fourth-order valence-electron chi connectivity index (χ4n) is 3.65. The fraction of sp³-hybridized carbons (Fsp3) is 0.304. The van der Waals surface area contributed by atoms with Gasteiger partial charge < -0.3 is 14.6 Å². The Morgan fingerprint density at radius 1 is 1.27 bits per heavy atom. The van der Waals surface area contributed by atoms with E-state index in [9.17, 15) is 13.2 Å². The number of nitrogens with zero attached hydrogens (tertiary/aromatic N) is 2. The van der Waals surface area contributed by atoms with Gasteiger partial charge in [0.15, 0.2) is 0 Å². The minimum Gasteiger partial charge on any atom is -0.377 e. The highest BCUT2D eigenvalue weighted by molar-refractivity contribution is 7.89. The largest absolute Gasteiger partial charge is 0.377 e. The summed E-state index contributed by atoms with van der Waals surface area (Å²) in [5.41, 5.74) is 2.07. The Bertz CT molecular complexity index is 1210. The summed E-state index contributed by atoms with van der Waals surface area (Å²) in [6.45, 7) is 2.66. The molecule has 33 heavy (non-hydrogen) atoms. The molecular weight excluding hydrogens is 464 g/mol. The van der Waals surface area contributed by atoms with E-state index in [-0.39, 0.29) is 34.2 Å². The van der Waals surface area contributed by atoms with E-state index in [0.29, 0.717) is 6.61 Å². The summed E-state index contributed by atoms with van der Waals surface area (Å²) in [4.78, 5) is 16.7. The third kappa shape index (κ3) is 5.62. The smallest absolute Gasteiger partial charge is 0.251 e. The van der Waals surface area contributed by atoms with Crippen molar-refractivity contribution in [3.8, 4) is 5.69 Å². The van der Waals surface area contributed by atoms with E-state index in [0.717, 1.165) is 24.1 Å². The number of rotatable bonds is 8. The van der Waals surface area contributed by atoms with Gasteiger partial charge in [0.1, 0.15) is 4.90 Å². The monoisotopic (exact) mass is 488 g/mol. The van der Waals surface area contributed by atoms with Crippen molar-refractivity contribution < 1.29 is 17.9 Å². The number of nitrogens with one attached hydrogen (secondary N) is 2. The molecule has 0 bridgehead atoms. The van der Waals surface area contributed by atoms with Crippen LogP contribution in [-0.4, -0.2) is 43.1 Å². The van der Waals surface area contributed by atoms with Crippen LogP contribution in [0.3, 0.4) is 0 Å². The number of aromatic nitrogens is 2. The first-order valence-electron chi connectivity index (χ1n) is 10.6. The number of amides is 1. The highest BCUT2D eigenvalue weighted by atomic mass is 35.5. The van der Waals surface area contributed by atoms with Crippen LogP contribution in [0.15, 0.2) is 66.1 Å². The van der Waals surface area contributed by atoms with Crippen molar-refractivity contribution in [2.75, 3.05) is 13.2 Å². The van der Waals surface area contributed by atoms with E-state index in [4.69, 9.17) is 16.3 Å². The minimum atomic E-state index is -3.89. The SMILES string of the molecule is C[C@@H](NC(=O)c1ccc(Cl)c(S(=O)(=O)NC[C@H]2CCCO2)c1)c1ccc(-n2ccnc2)cc1. The summed E-state index contributed by atoms with van der Waals surface area (Å²) in [5, 5.41) is 2.96. The molecule has 2 N–H and O–H groups in total. The first-order chi connectivity index (χ1) is 15.8. The maximum absolute atomic E-state index is 12.8. The molecule has 1 amide bonds. The molecule has 0 unspecified atom stereocenters. The molecule has 2 aromatic carbocycles. The zero-order valence-corrected chi connectivity index (χ0v) is 19.6. The molecule has 2 heterocycles. The minimum absolute atomic E-state index is 0.0505. The second-order valence-electron chi connectivity index (χ2n) is 7.89. The van der Waals surface area contributed by atoms with Crippen molar-refractivity contribution in [1.82, 2.24) is 19.6 Å². The predicted octanol–water partition coefficient (Wildman–Crippen LogP) is 3.47. The van der Waals surface area contributed by atoms with Crippen LogP contribution in [0.25, 0.3) is 5.69 Å². The van der Waals surface area contributed by atoms with Gasteiger partial charge in [-0.1, -0.05) is 23.7 Å². The molecule has 1 aliphatic rings. The number of imidazole rings is 1. The van der Waals surface area contributed by atoms with E-state index >= 15 is 0 Å². The zero-order chi connectivity index (χ0) is 23.4. The number of carbonyl (C=O) groups excluding carboxylic acids is 1. The molecule has 8 nitrogen and oxygen atoms in total. The lowest BCUT2D eigenvalue weighted by atomic mass is 10.1. The highest BCUT2D eigenvalue weighted by Gasteiger charge is 2.24. The molecule has 0 saturated carbocycles. The number of carbonyl (C=O) groups is 1. The molecule has 1 fully saturated rings. The van der Waals surface area contributed by atoms with Gasteiger partial charge in [0.2, 0.25) is 10.0 Å². The molecule has 1 saturated heterocycles. The maximum Gasteiger partial charge on any atom is 0.251 e. The Hall–Kier alpha value is -2.72. The van der Waals surface area contributed by atoms with Crippen LogP contribution in [0, 0.1) is 0 Å². The summed E-state index contributed by atoms with van der Waals surface area (Å²) >= 11 is 6.15. The fourth-order valence-corrected chi connectivity index (χ4v) is 5.24. The van der Waals surface area contributed by atoms with Crippen molar-refractivity contribution in [2.24, 2.45) is 0 Å². The topological polar surface area (TPSA) is 102 Å². The number of ether oxygens (including phenoxy) is 1. The van der Waals surface area contributed by atoms with Gasteiger partial charge in [0.05, 0.1) is 23.5 Å².